The van der Waals surface area contributed by atoms with Gasteiger partial charge in [0.15, 0.2) is 0 Å². The second-order valence-corrected chi connectivity index (χ2v) is 5.91. The normalized spacial score (nSPS) is 24.8. The van der Waals surface area contributed by atoms with Crippen molar-refractivity contribution in [3.8, 4) is 0 Å². The fraction of sp³-hybridized carbons (Fsp3) is 0.500. The first-order valence-corrected chi connectivity index (χ1v) is 7.43. The molecule has 1 N–H and O–H groups in total. The van der Waals surface area contributed by atoms with Gasteiger partial charge in [-0.15, -0.1) is 0 Å². The molecule has 0 aromatic heterocycles. The molecular formula is C14H16ClN3O3. The number of halogens is 1. The molecular weight excluding hydrogens is 294 g/mol. The largest absolute Gasteiger partial charge is 0.347 e. The maximum atomic E-state index is 12.4. The van der Waals surface area contributed by atoms with Crippen molar-refractivity contribution < 1.29 is 9.72 Å². The van der Waals surface area contributed by atoms with Crippen LogP contribution in [0.25, 0.3) is 0 Å². The molecule has 0 aliphatic carbocycles. The van der Waals surface area contributed by atoms with E-state index >= 15 is 0 Å². The third-order valence-corrected chi connectivity index (χ3v) is 4.64. The van der Waals surface area contributed by atoms with Gasteiger partial charge >= 0.3 is 5.69 Å². The van der Waals surface area contributed by atoms with E-state index in [9.17, 15) is 14.9 Å². The predicted molar refractivity (Wildman–Crippen MR) is 78.6 cm³/mol. The van der Waals surface area contributed by atoms with Gasteiger partial charge in [0.1, 0.15) is 10.6 Å². The third kappa shape index (κ3) is 2.61. The summed E-state index contributed by atoms with van der Waals surface area (Å²) in [5.41, 5.74) is -0.290. The van der Waals surface area contributed by atoms with Crippen LogP contribution in [0.4, 0.5) is 5.69 Å². The molecule has 112 valence electrons. The summed E-state index contributed by atoms with van der Waals surface area (Å²) in [6.45, 7) is 2.06. The Morgan fingerprint density at radius 2 is 2.19 bits per heavy atom. The van der Waals surface area contributed by atoms with Gasteiger partial charge in [-0.3, -0.25) is 19.8 Å². The van der Waals surface area contributed by atoms with Crippen molar-refractivity contribution in [3.05, 3.63) is 38.9 Å². The fourth-order valence-electron chi connectivity index (χ4n) is 3.38. The Hall–Kier alpha value is -1.66. The molecule has 2 aliphatic rings. The summed E-state index contributed by atoms with van der Waals surface area (Å²) >= 11 is 5.84. The van der Waals surface area contributed by atoms with E-state index in [1.807, 2.05) is 0 Å². The predicted octanol–water partition coefficient (Wildman–Crippen LogP) is 2.21. The SMILES string of the molecule is O=C(NC1CCN2CCCC12)c1cccc(Cl)c1[N+](=O)[O-]. The quantitative estimate of drug-likeness (QED) is 0.686. The minimum absolute atomic E-state index is 0.0124. The number of fused-ring (bicyclic) bond motifs is 1. The van der Waals surface area contributed by atoms with Gasteiger partial charge in [0.2, 0.25) is 0 Å². The average molecular weight is 310 g/mol. The van der Waals surface area contributed by atoms with Crippen LogP contribution in [0.2, 0.25) is 5.02 Å². The summed E-state index contributed by atoms with van der Waals surface area (Å²) in [4.78, 5) is 25.2. The Morgan fingerprint density at radius 1 is 1.38 bits per heavy atom. The van der Waals surface area contributed by atoms with Gasteiger partial charge in [0, 0.05) is 18.6 Å². The molecule has 2 atom stereocenters. The molecule has 0 saturated carbocycles. The zero-order chi connectivity index (χ0) is 15.0. The van der Waals surface area contributed by atoms with Gasteiger partial charge in [-0.2, -0.15) is 0 Å². The minimum Gasteiger partial charge on any atom is -0.347 e. The first kappa shape index (κ1) is 14.3. The number of carbonyl (C=O) groups is 1. The molecule has 2 unspecified atom stereocenters. The van der Waals surface area contributed by atoms with Gasteiger partial charge in [0.05, 0.1) is 4.92 Å². The number of para-hydroxylation sites is 1. The van der Waals surface area contributed by atoms with Crippen LogP contribution < -0.4 is 5.32 Å². The van der Waals surface area contributed by atoms with Crippen LogP contribution in [-0.2, 0) is 0 Å². The minimum atomic E-state index is -0.603. The van der Waals surface area contributed by atoms with E-state index in [0.717, 1.165) is 32.4 Å². The highest BCUT2D eigenvalue weighted by molar-refractivity contribution is 6.33. The number of carbonyl (C=O) groups excluding carboxylic acids is 1. The number of nitro benzene ring substituents is 1. The lowest BCUT2D eigenvalue weighted by atomic mass is 10.1. The Bertz CT molecular complexity index is 593. The Morgan fingerprint density at radius 3 is 2.95 bits per heavy atom. The number of amides is 1. The summed E-state index contributed by atoms with van der Waals surface area (Å²) in [5, 5.41) is 14.0. The first-order valence-electron chi connectivity index (χ1n) is 7.06. The van der Waals surface area contributed by atoms with Crippen molar-refractivity contribution in [2.45, 2.75) is 31.3 Å². The van der Waals surface area contributed by atoms with E-state index in [1.165, 1.54) is 12.1 Å². The van der Waals surface area contributed by atoms with E-state index in [1.54, 1.807) is 6.07 Å². The van der Waals surface area contributed by atoms with E-state index in [-0.39, 0.29) is 22.3 Å². The second-order valence-electron chi connectivity index (χ2n) is 5.51. The highest BCUT2D eigenvalue weighted by atomic mass is 35.5. The van der Waals surface area contributed by atoms with Gasteiger partial charge in [-0.25, -0.2) is 0 Å². The maximum Gasteiger partial charge on any atom is 0.300 e. The van der Waals surface area contributed by atoms with Crippen molar-refractivity contribution in [3.63, 3.8) is 0 Å². The van der Waals surface area contributed by atoms with Crippen LogP contribution >= 0.6 is 11.6 Å². The topological polar surface area (TPSA) is 75.5 Å². The number of nitrogens with one attached hydrogen (secondary N) is 1. The van der Waals surface area contributed by atoms with Crippen molar-refractivity contribution in [1.82, 2.24) is 10.2 Å². The molecule has 2 aliphatic heterocycles. The number of rotatable bonds is 3. The molecule has 0 radical (unpaired) electrons. The molecule has 1 amide bonds. The summed E-state index contributed by atoms with van der Waals surface area (Å²) in [7, 11) is 0. The molecule has 1 aromatic carbocycles. The van der Waals surface area contributed by atoms with Crippen LogP contribution in [0.3, 0.4) is 0 Å². The summed E-state index contributed by atoms with van der Waals surface area (Å²) in [5.74, 6) is -0.414. The molecule has 2 heterocycles. The molecule has 0 spiro atoms. The molecule has 0 bridgehead atoms. The molecule has 21 heavy (non-hydrogen) atoms. The number of hydrogen-bond acceptors (Lipinski definition) is 4. The fourth-order valence-corrected chi connectivity index (χ4v) is 3.62. The van der Waals surface area contributed by atoms with Crippen LogP contribution in [0.1, 0.15) is 29.6 Å². The summed E-state index contributed by atoms with van der Waals surface area (Å²) < 4.78 is 0. The second kappa shape index (κ2) is 5.61. The zero-order valence-corrected chi connectivity index (χ0v) is 12.2. The smallest absolute Gasteiger partial charge is 0.300 e. The Kier molecular flexibility index (Phi) is 3.82. The Balaban J connectivity index is 1.80. The number of hydrogen-bond donors (Lipinski definition) is 1. The first-order chi connectivity index (χ1) is 10.1. The lowest BCUT2D eigenvalue weighted by Crippen LogP contribution is -2.42. The molecule has 1 aromatic rings. The highest BCUT2D eigenvalue weighted by Gasteiger charge is 2.38. The molecule has 6 nitrogen and oxygen atoms in total. The van der Waals surface area contributed by atoms with Gasteiger partial charge in [0.25, 0.3) is 5.91 Å². The molecule has 2 saturated heterocycles. The lowest BCUT2D eigenvalue weighted by Gasteiger charge is -2.21. The average Bonchev–Trinajstić information content (AvgIpc) is 3.03. The van der Waals surface area contributed by atoms with E-state index in [4.69, 9.17) is 11.6 Å². The van der Waals surface area contributed by atoms with E-state index in [0.29, 0.717) is 6.04 Å². The number of nitrogens with zero attached hydrogens (tertiary/aromatic N) is 2. The zero-order valence-electron chi connectivity index (χ0n) is 11.4. The number of benzene rings is 1. The van der Waals surface area contributed by atoms with Crippen LogP contribution in [0, 0.1) is 10.1 Å². The van der Waals surface area contributed by atoms with Gasteiger partial charge in [-0.05, 0) is 37.9 Å². The molecule has 7 heteroatoms. The van der Waals surface area contributed by atoms with Crippen LogP contribution in [0.5, 0.6) is 0 Å². The number of nitro groups is 1. The molecule has 2 fully saturated rings. The van der Waals surface area contributed by atoms with Gasteiger partial charge < -0.3 is 5.32 Å². The summed E-state index contributed by atoms with van der Waals surface area (Å²) in [6, 6.07) is 4.86. The van der Waals surface area contributed by atoms with Crippen molar-refractivity contribution in [2.75, 3.05) is 13.1 Å². The molecule has 3 rings (SSSR count). The van der Waals surface area contributed by atoms with Gasteiger partial charge in [-0.1, -0.05) is 17.7 Å². The van der Waals surface area contributed by atoms with Crippen LogP contribution in [-0.4, -0.2) is 40.9 Å². The third-order valence-electron chi connectivity index (χ3n) is 4.34. The van der Waals surface area contributed by atoms with E-state index < -0.39 is 10.8 Å². The highest BCUT2D eigenvalue weighted by Crippen LogP contribution is 2.30. The monoisotopic (exact) mass is 309 g/mol. The lowest BCUT2D eigenvalue weighted by molar-refractivity contribution is -0.385. The van der Waals surface area contributed by atoms with Crippen molar-refractivity contribution in [2.24, 2.45) is 0 Å². The standard InChI is InChI=1S/C14H16ClN3O3/c15-10-4-1-3-9(13(10)18(20)21)14(19)16-11-6-8-17-7-2-5-12(11)17/h1,3-4,11-12H,2,5-8H2,(H,16,19). The maximum absolute atomic E-state index is 12.4. The van der Waals surface area contributed by atoms with Crippen molar-refractivity contribution >= 4 is 23.2 Å². The van der Waals surface area contributed by atoms with Crippen LogP contribution in [0.15, 0.2) is 18.2 Å². The van der Waals surface area contributed by atoms with E-state index in [2.05, 4.69) is 10.2 Å². The van der Waals surface area contributed by atoms with Crippen molar-refractivity contribution in [1.29, 1.82) is 0 Å². The summed E-state index contributed by atoms with van der Waals surface area (Å²) in [6.07, 6.45) is 3.11. The Labute approximate surface area is 127 Å².